The van der Waals surface area contributed by atoms with Gasteiger partial charge in [0.25, 0.3) is 0 Å². The van der Waals surface area contributed by atoms with Crippen molar-refractivity contribution in [2.75, 3.05) is 23.3 Å². The van der Waals surface area contributed by atoms with E-state index in [4.69, 9.17) is 0 Å². The molecule has 0 atom stereocenters. The van der Waals surface area contributed by atoms with Crippen molar-refractivity contribution in [1.82, 2.24) is 4.98 Å². The first kappa shape index (κ1) is 13.9. The number of nitrogens with one attached hydrogen (secondary N) is 1. The van der Waals surface area contributed by atoms with Gasteiger partial charge in [-0.15, -0.1) is 0 Å². The predicted molar refractivity (Wildman–Crippen MR) is 89.0 cm³/mol. The number of piperidine rings is 1. The molecular weight excluding hydrogens is 258 g/mol. The van der Waals surface area contributed by atoms with Crippen molar-refractivity contribution in [1.29, 1.82) is 0 Å². The van der Waals surface area contributed by atoms with Crippen molar-refractivity contribution >= 4 is 11.5 Å². The lowest BCUT2D eigenvalue weighted by Gasteiger charge is -2.33. The maximum atomic E-state index is 4.62. The summed E-state index contributed by atoms with van der Waals surface area (Å²) in [7, 11) is 0. The summed E-state index contributed by atoms with van der Waals surface area (Å²) in [4.78, 5) is 7.01. The molecule has 3 nitrogen and oxygen atoms in total. The third-order valence-corrected chi connectivity index (χ3v) is 4.08. The number of aromatic nitrogens is 1. The van der Waals surface area contributed by atoms with Gasteiger partial charge >= 0.3 is 0 Å². The number of anilines is 2. The van der Waals surface area contributed by atoms with Gasteiger partial charge < -0.3 is 10.2 Å². The minimum Gasteiger partial charge on any atom is -0.382 e. The minimum atomic E-state index is 0.563. The molecule has 0 aliphatic carbocycles. The Morgan fingerprint density at radius 2 is 1.81 bits per heavy atom. The van der Waals surface area contributed by atoms with E-state index in [1.165, 1.54) is 11.3 Å². The smallest absolute Gasteiger partial charge is 0.128 e. The molecule has 1 aliphatic heterocycles. The Labute approximate surface area is 127 Å². The molecule has 110 valence electrons. The lowest BCUT2D eigenvalue weighted by molar-refractivity contribution is 0.523. The molecule has 3 rings (SSSR count). The van der Waals surface area contributed by atoms with Crippen LogP contribution in [0.15, 0.2) is 42.5 Å². The molecule has 1 fully saturated rings. The SMILES string of the molecule is Cc1cccc(NC2CCN(c3cccc(C)n3)CC2)c1. The fraction of sp³-hybridized carbons (Fsp3) is 0.389. The highest BCUT2D eigenvalue weighted by Gasteiger charge is 2.19. The van der Waals surface area contributed by atoms with Crippen LogP contribution < -0.4 is 10.2 Å². The monoisotopic (exact) mass is 281 g/mol. The topological polar surface area (TPSA) is 28.2 Å². The molecule has 1 aromatic carbocycles. The summed E-state index contributed by atoms with van der Waals surface area (Å²) in [6, 6.07) is 15.4. The second-order valence-corrected chi connectivity index (χ2v) is 5.91. The lowest BCUT2D eigenvalue weighted by atomic mass is 10.0. The van der Waals surface area contributed by atoms with Gasteiger partial charge in [-0.2, -0.15) is 0 Å². The van der Waals surface area contributed by atoms with Crippen molar-refractivity contribution < 1.29 is 0 Å². The fourth-order valence-corrected chi connectivity index (χ4v) is 2.93. The van der Waals surface area contributed by atoms with Crippen molar-refractivity contribution in [3.8, 4) is 0 Å². The number of rotatable bonds is 3. The van der Waals surface area contributed by atoms with E-state index in [1.54, 1.807) is 0 Å². The molecule has 2 heterocycles. The molecule has 0 bridgehead atoms. The lowest BCUT2D eigenvalue weighted by Crippen LogP contribution is -2.39. The standard InChI is InChI=1S/C18H23N3/c1-14-5-3-7-17(13-14)20-16-9-11-21(12-10-16)18-8-4-6-15(2)19-18/h3-8,13,16,20H,9-12H2,1-2H3. The highest BCUT2D eigenvalue weighted by molar-refractivity contribution is 5.47. The van der Waals surface area contributed by atoms with Gasteiger partial charge in [-0.25, -0.2) is 4.98 Å². The summed E-state index contributed by atoms with van der Waals surface area (Å²) in [5, 5.41) is 3.66. The zero-order valence-corrected chi connectivity index (χ0v) is 12.8. The summed E-state index contributed by atoms with van der Waals surface area (Å²) >= 11 is 0. The third kappa shape index (κ3) is 3.54. The second kappa shape index (κ2) is 6.17. The van der Waals surface area contributed by atoms with Gasteiger partial charge in [-0.3, -0.25) is 0 Å². The van der Waals surface area contributed by atoms with Crippen LogP contribution in [0.3, 0.4) is 0 Å². The van der Waals surface area contributed by atoms with Crippen LogP contribution in [0.1, 0.15) is 24.1 Å². The van der Waals surface area contributed by atoms with E-state index in [9.17, 15) is 0 Å². The molecule has 1 aromatic heterocycles. The van der Waals surface area contributed by atoms with Crippen LogP contribution in [-0.2, 0) is 0 Å². The first-order chi connectivity index (χ1) is 10.2. The Balaban J connectivity index is 1.58. The quantitative estimate of drug-likeness (QED) is 0.928. The molecular formula is C18H23N3. The van der Waals surface area contributed by atoms with Gasteiger partial charge in [0, 0.05) is 30.5 Å². The number of aryl methyl sites for hydroxylation is 2. The van der Waals surface area contributed by atoms with Crippen LogP contribution >= 0.6 is 0 Å². The van der Waals surface area contributed by atoms with Crippen LogP contribution in [0.25, 0.3) is 0 Å². The average Bonchev–Trinajstić information content (AvgIpc) is 2.48. The summed E-state index contributed by atoms with van der Waals surface area (Å²) in [5.41, 5.74) is 3.64. The van der Waals surface area contributed by atoms with Crippen molar-refractivity contribution in [2.45, 2.75) is 32.7 Å². The maximum absolute atomic E-state index is 4.62. The zero-order chi connectivity index (χ0) is 14.7. The zero-order valence-electron chi connectivity index (χ0n) is 12.8. The maximum Gasteiger partial charge on any atom is 0.128 e. The molecule has 0 unspecified atom stereocenters. The van der Waals surface area contributed by atoms with E-state index in [2.05, 4.69) is 71.5 Å². The minimum absolute atomic E-state index is 0.563. The van der Waals surface area contributed by atoms with E-state index in [-0.39, 0.29) is 0 Å². The Kier molecular flexibility index (Phi) is 4.09. The molecule has 0 amide bonds. The van der Waals surface area contributed by atoms with Crippen LogP contribution in [0.2, 0.25) is 0 Å². The second-order valence-electron chi connectivity index (χ2n) is 5.91. The molecule has 1 N–H and O–H groups in total. The number of hydrogen-bond donors (Lipinski definition) is 1. The van der Waals surface area contributed by atoms with Crippen molar-refractivity contribution in [2.24, 2.45) is 0 Å². The van der Waals surface area contributed by atoms with Crippen molar-refractivity contribution in [3.05, 3.63) is 53.7 Å². The largest absolute Gasteiger partial charge is 0.382 e. The first-order valence-electron chi connectivity index (χ1n) is 7.72. The molecule has 1 saturated heterocycles. The van der Waals surface area contributed by atoms with Crippen LogP contribution in [0.5, 0.6) is 0 Å². The fourth-order valence-electron chi connectivity index (χ4n) is 2.93. The van der Waals surface area contributed by atoms with E-state index in [0.717, 1.165) is 37.4 Å². The highest BCUT2D eigenvalue weighted by atomic mass is 15.2. The molecule has 0 spiro atoms. The van der Waals surface area contributed by atoms with E-state index in [0.29, 0.717) is 6.04 Å². The Bertz CT molecular complexity index is 601. The first-order valence-corrected chi connectivity index (χ1v) is 7.72. The summed E-state index contributed by atoms with van der Waals surface area (Å²) in [5.74, 6) is 1.11. The Morgan fingerprint density at radius 1 is 1.05 bits per heavy atom. The number of nitrogens with zero attached hydrogens (tertiary/aromatic N) is 2. The summed E-state index contributed by atoms with van der Waals surface area (Å²) < 4.78 is 0. The molecule has 3 heteroatoms. The van der Waals surface area contributed by atoms with E-state index >= 15 is 0 Å². The van der Waals surface area contributed by atoms with Crippen LogP contribution in [0, 0.1) is 13.8 Å². The van der Waals surface area contributed by atoms with Crippen LogP contribution in [0.4, 0.5) is 11.5 Å². The third-order valence-electron chi connectivity index (χ3n) is 4.08. The molecule has 2 aromatic rings. The van der Waals surface area contributed by atoms with Crippen molar-refractivity contribution in [3.63, 3.8) is 0 Å². The Hall–Kier alpha value is -2.03. The summed E-state index contributed by atoms with van der Waals surface area (Å²) in [6.07, 6.45) is 2.31. The number of pyridine rings is 1. The number of hydrogen-bond acceptors (Lipinski definition) is 3. The number of benzene rings is 1. The van der Waals surface area contributed by atoms with Gasteiger partial charge in [0.2, 0.25) is 0 Å². The van der Waals surface area contributed by atoms with Gasteiger partial charge in [0.05, 0.1) is 0 Å². The van der Waals surface area contributed by atoms with Gasteiger partial charge in [-0.05, 0) is 56.5 Å². The highest BCUT2D eigenvalue weighted by Crippen LogP contribution is 2.21. The van der Waals surface area contributed by atoms with E-state index in [1.807, 2.05) is 0 Å². The predicted octanol–water partition coefficient (Wildman–Crippen LogP) is 3.78. The molecule has 21 heavy (non-hydrogen) atoms. The molecule has 1 aliphatic rings. The Morgan fingerprint density at radius 3 is 2.52 bits per heavy atom. The van der Waals surface area contributed by atoms with Gasteiger partial charge in [-0.1, -0.05) is 18.2 Å². The van der Waals surface area contributed by atoms with Crippen LogP contribution in [-0.4, -0.2) is 24.1 Å². The van der Waals surface area contributed by atoms with E-state index < -0.39 is 0 Å². The molecule has 0 saturated carbocycles. The molecule has 0 radical (unpaired) electrons. The summed E-state index contributed by atoms with van der Waals surface area (Å²) in [6.45, 7) is 6.33. The van der Waals surface area contributed by atoms with Gasteiger partial charge in [0.1, 0.15) is 5.82 Å². The normalized spacial score (nSPS) is 16.0. The average molecular weight is 281 g/mol. The van der Waals surface area contributed by atoms with Gasteiger partial charge in [0.15, 0.2) is 0 Å².